The van der Waals surface area contributed by atoms with Gasteiger partial charge in [0.05, 0.1) is 25.1 Å². The molecule has 0 unspecified atom stereocenters. The fraction of sp³-hybridized carbons (Fsp3) is 0.545. The van der Waals surface area contributed by atoms with Gasteiger partial charge in [-0.25, -0.2) is 15.0 Å². The Labute approximate surface area is 119 Å². The Kier molecular flexibility index (Phi) is 3.57. The molecule has 0 saturated carbocycles. The second-order valence-electron chi connectivity index (χ2n) is 4.65. The SMILES string of the molecule is CN1O[C@H](n2cnc3c(Cl)ncnc32)C[C@@H]1[C@H](O)CO. The molecule has 0 amide bonds. The molecule has 1 saturated heterocycles. The number of rotatable bonds is 3. The molecule has 9 heteroatoms. The smallest absolute Gasteiger partial charge is 0.166 e. The van der Waals surface area contributed by atoms with Crippen LogP contribution in [0.2, 0.25) is 5.15 Å². The number of likely N-dealkylation sites (N-methyl/N-ethyl adjacent to an activating group) is 1. The summed E-state index contributed by atoms with van der Waals surface area (Å²) in [6.07, 6.45) is 2.23. The van der Waals surface area contributed by atoms with Crippen LogP contribution in [0, 0.1) is 0 Å². The Morgan fingerprint density at radius 2 is 2.30 bits per heavy atom. The summed E-state index contributed by atoms with van der Waals surface area (Å²) in [5.74, 6) is 0. The molecular formula is C11H14ClN5O3. The third kappa shape index (κ3) is 2.15. The standard InChI is InChI=1S/C11H14ClN5O3/c1-16-6(7(19)3-18)2-8(20-16)17-5-15-9-10(12)13-4-14-11(9)17/h4-8,18-19H,2-3H2,1H3/t6-,7-,8+/m1/s1. The van der Waals surface area contributed by atoms with Crippen molar-refractivity contribution in [1.82, 2.24) is 24.6 Å². The molecule has 0 aliphatic carbocycles. The second-order valence-corrected chi connectivity index (χ2v) is 5.01. The average molecular weight is 300 g/mol. The topological polar surface area (TPSA) is 96.5 Å². The van der Waals surface area contributed by atoms with E-state index in [4.69, 9.17) is 21.5 Å². The molecule has 1 aliphatic rings. The molecule has 1 aliphatic heterocycles. The first-order valence-electron chi connectivity index (χ1n) is 6.13. The van der Waals surface area contributed by atoms with E-state index in [-0.39, 0.29) is 24.0 Å². The number of aliphatic hydroxyl groups is 2. The molecule has 2 N–H and O–H groups in total. The summed E-state index contributed by atoms with van der Waals surface area (Å²) in [5, 5.41) is 20.6. The van der Waals surface area contributed by atoms with Crippen LogP contribution < -0.4 is 0 Å². The third-order valence-corrected chi connectivity index (χ3v) is 3.73. The maximum absolute atomic E-state index is 9.76. The second kappa shape index (κ2) is 5.23. The van der Waals surface area contributed by atoms with E-state index in [0.717, 1.165) is 0 Å². The van der Waals surface area contributed by atoms with Gasteiger partial charge in [-0.15, -0.1) is 0 Å². The number of hydrogen-bond donors (Lipinski definition) is 2. The van der Waals surface area contributed by atoms with E-state index in [9.17, 15) is 5.11 Å². The fourth-order valence-electron chi connectivity index (χ4n) is 2.39. The van der Waals surface area contributed by atoms with E-state index in [1.165, 1.54) is 6.33 Å². The van der Waals surface area contributed by atoms with Gasteiger partial charge in [-0.05, 0) is 0 Å². The maximum atomic E-state index is 9.76. The van der Waals surface area contributed by atoms with Crippen LogP contribution in [0.1, 0.15) is 12.6 Å². The van der Waals surface area contributed by atoms with E-state index in [1.807, 2.05) is 0 Å². The molecule has 3 rings (SSSR count). The molecule has 8 nitrogen and oxygen atoms in total. The minimum Gasteiger partial charge on any atom is -0.394 e. The van der Waals surface area contributed by atoms with Crippen molar-refractivity contribution < 1.29 is 15.1 Å². The molecule has 0 radical (unpaired) electrons. The number of halogens is 1. The highest BCUT2D eigenvalue weighted by molar-refractivity contribution is 6.33. The molecule has 20 heavy (non-hydrogen) atoms. The van der Waals surface area contributed by atoms with E-state index >= 15 is 0 Å². The van der Waals surface area contributed by atoms with Gasteiger partial charge in [0.1, 0.15) is 11.8 Å². The molecule has 108 valence electrons. The summed E-state index contributed by atoms with van der Waals surface area (Å²) in [6, 6.07) is -0.292. The zero-order valence-corrected chi connectivity index (χ0v) is 11.5. The zero-order chi connectivity index (χ0) is 14.3. The van der Waals surface area contributed by atoms with Crippen LogP contribution in [-0.4, -0.2) is 60.6 Å². The lowest BCUT2D eigenvalue weighted by atomic mass is 10.1. The molecular weight excluding hydrogens is 286 g/mol. The molecule has 2 aromatic rings. The molecule has 0 aromatic carbocycles. The lowest BCUT2D eigenvalue weighted by Gasteiger charge is -2.20. The minimum absolute atomic E-state index is 0.284. The largest absolute Gasteiger partial charge is 0.394 e. The van der Waals surface area contributed by atoms with Crippen LogP contribution in [0.15, 0.2) is 12.7 Å². The lowest BCUT2D eigenvalue weighted by molar-refractivity contribution is -0.178. The third-order valence-electron chi connectivity index (χ3n) is 3.45. The highest BCUT2D eigenvalue weighted by Gasteiger charge is 2.37. The Morgan fingerprint density at radius 3 is 3.05 bits per heavy atom. The molecule has 3 atom stereocenters. The molecule has 0 bridgehead atoms. The van der Waals surface area contributed by atoms with Crippen molar-refractivity contribution in [2.45, 2.75) is 24.8 Å². The first-order valence-corrected chi connectivity index (χ1v) is 6.51. The van der Waals surface area contributed by atoms with Crippen LogP contribution in [0.4, 0.5) is 0 Å². The number of hydroxylamine groups is 2. The zero-order valence-electron chi connectivity index (χ0n) is 10.7. The number of fused-ring (bicyclic) bond motifs is 1. The van der Waals surface area contributed by atoms with Gasteiger partial charge in [0.15, 0.2) is 17.0 Å². The number of hydrogen-bond acceptors (Lipinski definition) is 7. The van der Waals surface area contributed by atoms with Crippen LogP contribution in [0.25, 0.3) is 11.2 Å². The van der Waals surface area contributed by atoms with Crippen molar-refractivity contribution in [2.24, 2.45) is 0 Å². The first-order chi connectivity index (χ1) is 9.61. The van der Waals surface area contributed by atoms with Gasteiger partial charge in [-0.2, -0.15) is 5.06 Å². The van der Waals surface area contributed by atoms with E-state index in [2.05, 4.69) is 15.0 Å². The Morgan fingerprint density at radius 1 is 1.50 bits per heavy atom. The molecule has 3 heterocycles. The van der Waals surface area contributed by atoms with Crippen molar-refractivity contribution in [3.8, 4) is 0 Å². The lowest BCUT2D eigenvalue weighted by Crippen LogP contribution is -2.37. The predicted octanol–water partition coefficient (Wildman–Crippen LogP) is -0.0328. The van der Waals surface area contributed by atoms with Crippen molar-refractivity contribution >= 4 is 22.8 Å². The van der Waals surface area contributed by atoms with E-state index in [1.54, 1.807) is 23.0 Å². The Bertz CT molecular complexity index is 621. The van der Waals surface area contributed by atoms with Gasteiger partial charge in [-0.1, -0.05) is 11.6 Å². The minimum atomic E-state index is -0.863. The highest BCUT2D eigenvalue weighted by Crippen LogP contribution is 2.32. The van der Waals surface area contributed by atoms with Gasteiger partial charge in [0.25, 0.3) is 0 Å². The summed E-state index contributed by atoms with van der Waals surface area (Å²) < 4.78 is 1.74. The van der Waals surface area contributed by atoms with Crippen LogP contribution in [-0.2, 0) is 4.84 Å². The first kappa shape index (κ1) is 13.7. The normalized spacial score (nSPS) is 25.4. The summed E-state index contributed by atoms with van der Waals surface area (Å²) >= 11 is 5.96. The number of nitrogens with zero attached hydrogens (tertiary/aromatic N) is 5. The molecule has 2 aromatic heterocycles. The maximum Gasteiger partial charge on any atom is 0.166 e. The van der Waals surface area contributed by atoms with Gasteiger partial charge < -0.3 is 10.2 Å². The summed E-state index contributed by atoms with van der Waals surface area (Å²) in [5.41, 5.74) is 1.08. The van der Waals surface area contributed by atoms with Crippen molar-refractivity contribution in [3.05, 3.63) is 17.8 Å². The van der Waals surface area contributed by atoms with Crippen LogP contribution >= 0.6 is 11.6 Å². The van der Waals surface area contributed by atoms with E-state index in [0.29, 0.717) is 17.6 Å². The molecule has 1 fully saturated rings. The summed E-state index contributed by atoms with van der Waals surface area (Å²) in [4.78, 5) is 17.9. The number of aliphatic hydroxyl groups excluding tert-OH is 2. The van der Waals surface area contributed by atoms with E-state index < -0.39 is 6.10 Å². The average Bonchev–Trinajstić information content (AvgIpc) is 3.02. The fourth-order valence-corrected chi connectivity index (χ4v) is 2.56. The predicted molar refractivity (Wildman–Crippen MR) is 69.7 cm³/mol. The van der Waals surface area contributed by atoms with Gasteiger partial charge in [0.2, 0.25) is 0 Å². The van der Waals surface area contributed by atoms with Crippen LogP contribution in [0.3, 0.4) is 0 Å². The van der Waals surface area contributed by atoms with Gasteiger partial charge >= 0.3 is 0 Å². The quantitative estimate of drug-likeness (QED) is 0.768. The number of aromatic nitrogens is 4. The Hall–Kier alpha value is -1.32. The van der Waals surface area contributed by atoms with Crippen LogP contribution in [0.5, 0.6) is 0 Å². The number of imidazole rings is 1. The Balaban J connectivity index is 1.91. The van der Waals surface area contributed by atoms with Crippen molar-refractivity contribution in [3.63, 3.8) is 0 Å². The molecule has 0 spiro atoms. The summed E-state index contributed by atoms with van der Waals surface area (Å²) in [7, 11) is 1.71. The monoisotopic (exact) mass is 299 g/mol. The summed E-state index contributed by atoms with van der Waals surface area (Å²) in [6.45, 7) is -0.316. The highest BCUT2D eigenvalue weighted by atomic mass is 35.5. The van der Waals surface area contributed by atoms with Gasteiger partial charge in [-0.3, -0.25) is 9.40 Å². The van der Waals surface area contributed by atoms with Gasteiger partial charge in [0, 0.05) is 13.5 Å². The van der Waals surface area contributed by atoms with Crippen molar-refractivity contribution in [1.29, 1.82) is 0 Å². The van der Waals surface area contributed by atoms with Crippen molar-refractivity contribution in [2.75, 3.05) is 13.7 Å².